The summed E-state index contributed by atoms with van der Waals surface area (Å²) in [5, 5.41) is 0. The van der Waals surface area contributed by atoms with E-state index < -0.39 is 28.3 Å². The van der Waals surface area contributed by atoms with Gasteiger partial charge in [0.1, 0.15) is 0 Å². The predicted octanol–water partition coefficient (Wildman–Crippen LogP) is -2.98. The quantitative estimate of drug-likeness (QED) is 0.354. The van der Waals surface area contributed by atoms with Crippen molar-refractivity contribution in [3.63, 3.8) is 0 Å². The van der Waals surface area contributed by atoms with E-state index in [1.807, 2.05) is 0 Å². The van der Waals surface area contributed by atoms with Gasteiger partial charge in [-0.05, 0) is 0 Å². The summed E-state index contributed by atoms with van der Waals surface area (Å²) in [5.41, 5.74) is 1.83. The van der Waals surface area contributed by atoms with Gasteiger partial charge in [-0.15, -0.1) is 0 Å². The number of hydrogen-bond acceptors (Lipinski definition) is 2. The van der Waals surface area contributed by atoms with Crippen molar-refractivity contribution < 1.29 is 23.9 Å². The zero-order valence-electron chi connectivity index (χ0n) is 5.50. The first-order chi connectivity index (χ1) is 4.00. The molecule has 0 spiro atoms. The molecule has 9 heteroatoms. The van der Waals surface area contributed by atoms with E-state index >= 15 is 0 Å². The molecule has 0 atom stereocenters. The molecule has 0 aliphatic heterocycles. The van der Waals surface area contributed by atoms with Crippen LogP contribution < -0.4 is 0 Å². The molecule has 0 rings (SSSR count). The first-order valence-electron chi connectivity index (χ1n) is 2.06. The van der Waals surface area contributed by atoms with E-state index in [4.69, 9.17) is 16.4 Å². The number of rotatable bonds is 0. The molecular formula is C2H12As2CaO6. The van der Waals surface area contributed by atoms with Crippen molar-refractivity contribution in [1.29, 1.82) is 0 Å². The Morgan fingerprint density at radius 2 is 0.818 bits per heavy atom. The molecular weight excluding hydrogens is 310 g/mol. The summed E-state index contributed by atoms with van der Waals surface area (Å²) in [5.74, 6) is 0. The molecule has 0 heterocycles. The maximum atomic E-state index is 9.39. The van der Waals surface area contributed by atoms with Gasteiger partial charge in [-0.1, -0.05) is 0 Å². The molecule has 0 fully saturated rings. The first-order valence-corrected chi connectivity index (χ1v) is 10.7. The third-order valence-corrected chi connectivity index (χ3v) is 0. The van der Waals surface area contributed by atoms with Crippen LogP contribution in [0.5, 0.6) is 0 Å². The zero-order chi connectivity index (χ0) is 9.00. The summed E-state index contributed by atoms with van der Waals surface area (Å²) in [6.07, 6.45) is 0. The fourth-order valence-corrected chi connectivity index (χ4v) is 0. The Morgan fingerprint density at radius 1 is 0.818 bits per heavy atom. The molecule has 4 N–H and O–H groups in total. The van der Waals surface area contributed by atoms with Gasteiger partial charge in [-0.25, -0.2) is 0 Å². The summed E-state index contributed by atoms with van der Waals surface area (Å²) >= 11 is -8.25. The van der Waals surface area contributed by atoms with Crippen LogP contribution in [0.2, 0.25) is 11.4 Å². The molecule has 0 aromatic heterocycles. The summed E-state index contributed by atoms with van der Waals surface area (Å²) in [6.45, 7) is 0. The third kappa shape index (κ3) is 345. The van der Waals surface area contributed by atoms with Crippen LogP contribution in [0.3, 0.4) is 0 Å². The van der Waals surface area contributed by atoms with Crippen LogP contribution in [0, 0.1) is 0 Å². The Hall–Kier alpha value is 1.82. The van der Waals surface area contributed by atoms with E-state index in [1.165, 1.54) is 0 Å². The predicted molar refractivity (Wildman–Crippen MR) is 42.0 cm³/mol. The van der Waals surface area contributed by atoms with Crippen molar-refractivity contribution in [3.8, 4) is 0 Å². The summed E-state index contributed by atoms with van der Waals surface area (Å²) in [6, 6.07) is 0. The Kier molecular flexibility index (Phi) is 12.2. The Balaban J connectivity index is -0.000000107. The molecule has 0 radical (unpaired) electrons. The molecule has 0 aliphatic rings. The third-order valence-electron chi connectivity index (χ3n) is 0. The van der Waals surface area contributed by atoms with Crippen LogP contribution in [0.4, 0.5) is 0 Å². The van der Waals surface area contributed by atoms with Gasteiger partial charge in [0, 0.05) is 0 Å². The summed E-state index contributed by atoms with van der Waals surface area (Å²) in [4.78, 5) is 0. The Morgan fingerprint density at radius 3 is 0.818 bits per heavy atom. The van der Waals surface area contributed by atoms with Crippen molar-refractivity contribution in [2.75, 3.05) is 0 Å². The van der Waals surface area contributed by atoms with Gasteiger partial charge < -0.3 is 0 Å². The fourth-order valence-electron chi connectivity index (χ4n) is 0. The molecule has 68 valence electrons. The van der Waals surface area contributed by atoms with Crippen molar-refractivity contribution in [1.82, 2.24) is 0 Å². The molecule has 0 aromatic carbocycles. The SMILES string of the molecule is C[As](=O)(O)O.C[As](=O)(O)O.[CaH2]. The van der Waals surface area contributed by atoms with E-state index in [-0.39, 0.29) is 37.7 Å². The second-order valence-electron chi connectivity index (χ2n) is 1.67. The molecule has 0 bridgehead atoms. The first kappa shape index (κ1) is 18.6. The van der Waals surface area contributed by atoms with Gasteiger partial charge in [-0.3, -0.25) is 0 Å². The number of hydrogen-bond donors (Lipinski definition) is 4. The molecule has 0 saturated heterocycles. The molecule has 0 saturated carbocycles. The van der Waals surface area contributed by atoms with Gasteiger partial charge in [-0.2, -0.15) is 0 Å². The Labute approximate surface area is 100.0 Å². The zero-order valence-corrected chi connectivity index (χ0v) is 9.25. The standard InChI is InChI=1S/2CH5AsO3.Ca.2H/c2*1-2(3,4)5;;;/h2*1H3,(H2,3,4,5);;;. The average molecular weight is 322 g/mol. The Bertz CT molecular complexity index is 131. The van der Waals surface area contributed by atoms with Crippen LogP contribution in [0.1, 0.15) is 0 Å². The van der Waals surface area contributed by atoms with Crippen molar-refractivity contribution in [2.45, 2.75) is 11.4 Å². The van der Waals surface area contributed by atoms with E-state index in [9.17, 15) is 7.48 Å². The van der Waals surface area contributed by atoms with E-state index in [0.717, 1.165) is 11.4 Å². The summed E-state index contributed by atoms with van der Waals surface area (Å²) in [7, 11) is 0. The second kappa shape index (κ2) is 7.24. The molecule has 0 aliphatic carbocycles. The van der Waals surface area contributed by atoms with Crippen LogP contribution in [-0.2, 0) is 7.48 Å². The normalized spacial score (nSPS) is 10.7. The monoisotopic (exact) mass is 322 g/mol. The van der Waals surface area contributed by atoms with Crippen molar-refractivity contribution in [3.05, 3.63) is 0 Å². The van der Waals surface area contributed by atoms with Crippen LogP contribution in [0.25, 0.3) is 0 Å². The van der Waals surface area contributed by atoms with Crippen LogP contribution in [0.15, 0.2) is 0 Å². The molecule has 6 nitrogen and oxygen atoms in total. The topological polar surface area (TPSA) is 115 Å². The minimum absolute atomic E-state index is 0. The van der Waals surface area contributed by atoms with Crippen molar-refractivity contribution >= 4 is 66.1 Å². The molecule has 0 aromatic rings. The van der Waals surface area contributed by atoms with E-state index in [2.05, 4.69) is 0 Å². The minimum atomic E-state index is -4.12. The van der Waals surface area contributed by atoms with Gasteiger partial charge in [0.05, 0.1) is 0 Å². The molecule has 0 unspecified atom stereocenters. The van der Waals surface area contributed by atoms with Crippen LogP contribution >= 0.6 is 0 Å². The van der Waals surface area contributed by atoms with E-state index in [0.29, 0.717) is 0 Å². The van der Waals surface area contributed by atoms with Gasteiger partial charge >= 0.3 is 101 Å². The van der Waals surface area contributed by atoms with Gasteiger partial charge in [0.2, 0.25) is 0 Å². The van der Waals surface area contributed by atoms with Gasteiger partial charge in [0.25, 0.3) is 0 Å². The average Bonchev–Trinajstić information content (AvgIpc) is 1.12. The maximum absolute atomic E-state index is 9.39. The molecule has 0 amide bonds. The van der Waals surface area contributed by atoms with E-state index in [1.54, 1.807) is 0 Å². The van der Waals surface area contributed by atoms with Crippen LogP contribution in [-0.4, -0.2) is 82.5 Å². The van der Waals surface area contributed by atoms with Crippen molar-refractivity contribution in [2.24, 2.45) is 0 Å². The van der Waals surface area contributed by atoms with Gasteiger partial charge in [0.15, 0.2) is 0 Å². The molecule has 11 heavy (non-hydrogen) atoms. The second-order valence-corrected chi connectivity index (χ2v) is 8.68. The fraction of sp³-hybridized carbons (Fsp3) is 1.00. The summed E-state index contributed by atoms with van der Waals surface area (Å²) < 4.78 is 49.5.